The number of carbonyl (C=O) groups is 3. The van der Waals surface area contributed by atoms with E-state index >= 15 is 0 Å². The zero-order chi connectivity index (χ0) is 38.7. The number of H-pyrrole nitrogens is 1. The Morgan fingerprint density at radius 1 is 0.922 bits per heavy atom. The molecule has 12 nitrogen and oxygen atoms in total. The topological polar surface area (TPSA) is 175 Å². The van der Waals surface area contributed by atoms with Crippen LogP contribution in [0.1, 0.15) is 16.5 Å². The smallest absolute Gasteiger partial charge is 0.490 e. The van der Waals surface area contributed by atoms with Gasteiger partial charge >= 0.3 is 36.4 Å². The lowest BCUT2D eigenvalue weighted by Gasteiger charge is -2.23. The van der Waals surface area contributed by atoms with Gasteiger partial charge in [-0.25, -0.2) is 19.4 Å². The summed E-state index contributed by atoms with van der Waals surface area (Å²) in [6.45, 7) is 2.12. The average Bonchev–Trinajstić information content (AvgIpc) is 3.71. The molecule has 0 saturated carbocycles. The lowest BCUT2D eigenvalue weighted by Crippen LogP contribution is -2.21. The predicted octanol–water partition coefficient (Wildman–Crippen LogP) is 6.25. The molecule has 0 saturated heterocycles. The van der Waals surface area contributed by atoms with E-state index in [0.717, 1.165) is 50.8 Å². The standard InChI is InChI=1S/C23H24N4O2S.3C2HF3O2/c1-27(2)7-8-28-20-10-16(18-12-24-25-13-18)11-21-22(20)26-23(30-21)17-9-15-5-3-4-6-19(15)29-14-17;3*3-2(4,5)1(6)7/h3-6,10-13,17H,7-9,14H2,1-2H3,(H,24,25);3*(H,6,7). The van der Waals surface area contributed by atoms with E-state index in [1.54, 1.807) is 11.3 Å². The predicted molar refractivity (Wildman–Crippen MR) is 161 cm³/mol. The molecule has 280 valence electrons. The van der Waals surface area contributed by atoms with Gasteiger partial charge < -0.3 is 29.7 Å². The lowest BCUT2D eigenvalue weighted by molar-refractivity contribution is -0.193. The van der Waals surface area contributed by atoms with Gasteiger partial charge in [0.1, 0.15) is 28.6 Å². The number of aromatic amines is 1. The number of carboxylic acid groups (broad SMARTS) is 3. The highest BCUT2D eigenvalue weighted by atomic mass is 32.1. The third-order valence-electron chi connectivity index (χ3n) is 6.06. The van der Waals surface area contributed by atoms with E-state index < -0.39 is 36.4 Å². The number of aromatic nitrogens is 3. The second kappa shape index (κ2) is 17.7. The van der Waals surface area contributed by atoms with Crippen LogP contribution >= 0.6 is 11.3 Å². The average molecular weight is 763 g/mol. The first kappa shape index (κ1) is 42.0. The monoisotopic (exact) mass is 762 g/mol. The molecule has 1 unspecified atom stereocenters. The summed E-state index contributed by atoms with van der Waals surface area (Å²) in [5, 5.41) is 29.5. The zero-order valence-corrected chi connectivity index (χ0v) is 26.9. The van der Waals surface area contributed by atoms with Crippen LogP contribution in [0.3, 0.4) is 0 Å². The minimum Gasteiger partial charge on any atom is -0.493 e. The molecule has 0 fully saturated rings. The van der Waals surface area contributed by atoms with Crippen molar-refractivity contribution in [2.24, 2.45) is 0 Å². The number of nitrogens with zero attached hydrogens (tertiary/aromatic N) is 3. The summed E-state index contributed by atoms with van der Waals surface area (Å²) in [7, 11) is 4.09. The number of nitrogens with one attached hydrogen (secondary N) is 1. The highest BCUT2D eigenvalue weighted by Gasteiger charge is 2.39. The molecule has 2 aromatic heterocycles. The SMILES string of the molecule is CN(C)CCOc1cc(-c2cn[nH]c2)cc2sc(C3COc4ccccc4C3)nc12.O=C(O)C(F)(F)F.O=C(O)C(F)(F)F.O=C(O)C(F)(F)F. The van der Waals surface area contributed by atoms with Crippen molar-refractivity contribution < 1.29 is 78.7 Å². The highest BCUT2D eigenvalue weighted by molar-refractivity contribution is 7.18. The summed E-state index contributed by atoms with van der Waals surface area (Å²) in [4.78, 5) is 33.8. The number of para-hydroxylation sites is 1. The van der Waals surface area contributed by atoms with Crippen LogP contribution in [0, 0.1) is 0 Å². The number of fused-ring (bicyclic) bond motifs is 2. The van der Waals surface area contributed by atoms with Gasteiger partial charge in [0.15, 0.2) is 0 Å². The lowest BCUT2D eigenvalue weighted by atomic mass is 9.97. The Morgan fingerprint density at radius 3 is 1.96 bits per heavy atom. The first-order chi connectivity index (χ1) is 23.5. The third-order valence-corrected chi connectivity index (χ3v) is 7.22. The van der Waals surface area contributed by atoms with Crippen molar-refractivity contribution in [3.63, 3.8) is 0 Å². The number of halogens is 9. The molecule has 0 spiro atoms. The van der Waals surface area contributed by atoms with Gasteiger partial charge in [-0.05, 0) is 49.8 Å². The van der Waals surface area contributed by atoms with E-state index in [1.807, 2.05) is 38.6 Å². The minimum atomic E-state index is -5.08. The Balaban J connectivity index is 0.000000352. The molecule has 1 atom stereocenters. The quantitative estimate of drug-likeness (QED) is 0.164. The van der Waals surface area contributed by atoms with Crippen LogP contribution in [0.4, 0.5) is 39.5 Å². The number of benzene rings is 2. The molecular formula is C29H27F9N4O8S. The molecule has 0 amide bonds. The van der Waals surface area contributed by atoms with Gasteiger partial charge in [0, 0.05) is 24.2 Å². The van der Waals surface area contributed by atoms with Gasteiger partial charge in [-0.15, -0.1) is 11.3 Å². The first-order valence-corrected chi connectivity index (χ1v) is 14.6. The second-order valence-electron chi connectivity index (χ2n) is 10.2. The van der Waals surface area contributed by atoms with Crippen LogP contribution in [0.2, 0.25) is 0 Å². The fraction of sp³-hybridized carbons (Fsp3) is 0.345. The Bertz CT molecular complexity index is 1700. The van der Waals surface area contributed by atoms with Crippen LogP contribution < -0.4 is 9.47 Å². The number of rotatable bonds is 6. The Labute approximate surface area is 285 Å². The number of aliphatic carboxylic acids is 3. The summed E-state index contributed by atoms with van der Waals surface area (Å²) in [6, 6.07) is 12.5. The summed E-state index contributed by atoms with van der Waals surface area (Å²) in [5.41, 5.74) is 4.30. The summed E-state index contributed by atoms with van der Waals surface area (Å²) >= 11 is 1.73. The molecular weight excluding hydrogens is 735 g/mol. The maximum atomic E-state index is 10.6. The van der Waals surface area contributed by atoms with E-state index in [-0.39, 0.29) is 5.92 Å². The molecule has 1 aliphatic rings. The van der Waals surface area contributed by atoms with Crippen molar-refractivity contribution in [2.75, 3.05) is 33.9 Å². The number of carboxylic acids is 3. The number of hydrogen-bond donors (Lipinski definition) is 4. The second-order valence-corrected chi connectivity index (χ2v) is 11.3. The Morgan fingerprint density at radius 2 is 1.47 bits per heavy atom. The largest absolute Gasteiger partial charge is 0.493 e. The summed E-state index contributed by atoms with van der Waals surface area (Å²) in [6.07, 6.45) is -10.6. The minimum absolute atomic E-state index is 0.254. The summed E-state index contributed by atoms with van der Waals surface area (Å²) in [5.74, 6) is -6.20. The van der Waals surface area contributed by atoms with Crippen molar-refractivity contribution in [3.05, 3.63) is 59.4 Å². The van der Waals surface area contributed by atoms with Crippen molar-refractivity contribution in [1.29, 1.82) is 0 Å². The van der Waals surface area contributed by atoms with E-state index in [0.29, 0.717) is 13.2 Å². The molecule has 2 aromatic carbocycles. The van der Waals surface area contributed by atoms with E-state index in [1.165, 1.54) is 5.56 Å². The van der Waals surface area contributed by atoms with Crippen molar-refractivity contribution in [2.45, 2.75) is 30.9 Å². The molecule has 4 aromatic rings. The molecule has 51 heavy (non-hydrogen) atoms. The number of ether oxygens (including phenoxy) is 2. The maximum Gasteiger partial charge on any atom is 0.490 e. The zero-order valence-electron chi connectivity index (χ0n) is 26.1. The van der Waals surface area contributed by atoms with E-state index in [2.05, 4.69) is 39.4 Å². The maximum absolute atomic E-state index is 10.6. The summed E-state index contributed by atoms with van der Waals surface area (Å²) < 4.78 is 109. The Hall–Kier alpha value is -5.12. The van der Waals surface area contributed by atoms with Gasteiger partial charge in [0.25, 0.3) is 0 Å². The van der Waals surface area contributed by atoms with Gasteiger partial charge in [0.2, 0.25) is 0 Å². The van der Waals surface area contributed by atoms with Gasteiger partial charge in [-0.1, -0.05) is 18.2 Å². The van der Waals surface area contributed by atoms with Gasteiger partial charge in [-0.3, -0.25) is 5.10 Å². The third kappa shape index (κ3) is 13.6. The molecule has 3 heterocycles. The normalized spacial score (nSPS) is 14.0. The fourth-order valence-electron chi connectivity index (χ4n) is 3.70. The van der Waals surface area contributed by atoms with Gasteiger partial charge in [-0.2, -0.15) is 44.6 Å². The number of likely N-dealkylation sites (N-methyl/N-ethyl adjacent to an activating group) is 1. The van der Waals surface area contributed by atoms with Crippen LogP contribution in [-0.2, 0) is 20.8 Å². The molecule has 0 radical (unpaired) electrons. The van der Waals surface area contributed by atoms with E-state index in [9.17, 15) is 39.5 Å². The fourth-order valence-corrected chi connectivity index (χ4v) is 4.81. The Kier molecular flexibility index (Phi) is 14.6. The van der Waals surface area contributed by atoms with Crippen molar-refractivity contribution >= 4 is 39.5 Å². The van der Waals surface area contributed by atoms with Crippen molar-refractivity contribution in [1.82, 2.24) is 20.1 Å². The van der Waals surface area contributed by atoms with Gasteiger partial charge in [0.05, 0.1) is 17.5 Å². The van der Waals surface area contributed by atoms with Crippen LogP contribution in [0.5, 0.6) is 11.5 Å². The van der Waals surface area contributed by atoms with Crippen molar-refractivity contribution in [3.8, 4) is 22.6 Å². The number of thiazole rings is 1. The highest BCUT2D eigenvalue weighted by Crippen LogP contribution is 2.40. The van der Waals surface area contributed by atoms with E-state index in [4.69, 9.17) is 44.2 Å². The van der Waals surface area contributed by atoms with Crippen LogP contribution in [0.15, 0.2) is 48.8 Å². The molecule has 5 rings (SSSR count). The molecule has 22 heteroatoms. The molecule has 1 aliphatic heterocycles. The molecule has 4 N–H and O–H groups in total. The number of alkyl halides is 9. The molecule has 0 aliphatic carbocycles. The molecule has 0 bridgehead atoms. The first-order valence-electron chi connectivity index (χ1n) is 13.8. The van der Waals surface area contributed by atoms with Crippen LogP contribution in [-0.4, -0.2) is 106 Å². The number of hydrogen-bond acceptors (Lipinski definition) is 9. The van der Waals surface area contributed by atoms with Crippen LogP contribution in [0.25, 0.3) is 21.3 Å².